The Bertz CT molecular complexity index is 361. The number of hydrogen-bond donors (Lipinski definition) is 3. The third-order valence-electron chi connectivity index (χ3n) is 4.09. The van der Waals surface area contributed by atoms with Crippen LogP contribution in [0.2, 0.25) is 0 Å². The summed E-state index contributed by atoms with van der Waals surface area (Å²) < 4.78 is 0. The molecule has 3 N–H and O–H groups in total. The van der Waals surface area contributed by atoms with E-state index in [0.717, 1.165) is 13.0 Å². The summed E-state index contributed by atoms with van der Waals surface area (Å²) in [7, 11) is 5.99. The second-order valence-electron chi connectivity index (χ2n) is 4.84. The molecule has 0 bridgehead atoms. The first kappa shape index (κ1) is 13.5. The Balaban J connectivity index is 2.14. The SMILES string of the molecule is CNN1CC(c2ccccc2)CCC1(NC)NC. The van der Waals surface area contributed by atoms with Crippen molar-refractivity contribution in [2.24, 2.45) is 0 Å². The molecule has 100 valence electrons. The Morgan fingerprint density at radius 1 is 1.11 bits per heavy atom. The molecule has 1 aliphatic rings. The van der Waals surface area contributed by atoms with Gasteiger partial charge in [-0.15, -0.1) is 0 Å². The van der Waals surface area contributed by atoms with Crippen LogP contribution in [-0.2, 0) is 0 Å². The van der Waals surface area contributed by atoms with Crippen LogP contribution in [0.25, 0.3) is 0 Å². The molecule has 1 aliphatic heterocycles. The van der Waals surface area contributed by atoms with Gasteiger partial charge in [-0.25, -0.2) is 5.01 Å². The Hall–Kier alpha value is -0.940. The van der Waals surface area contributed by atoms with E-state index in [0.29, 0.717) is 5.92 Å². The molecule has 2 rings (SSSR count). The van der Waals surface area contributed by atoms with Crippen LogP contribution in [0.1, 0.15) is 24.3 Å². The van der Waals surface area contributed by atoms with E-state index in [1.807, 2.05) is 21.1 Å². The van der Waals surface area contributed by atoms with E-state index in [2.05, 4.69) is 51.4 Å². The number of benzene rings is 1. The highest BCUT2D eigenvalue weighted by Gasteiger charge is 2.39. The van der Waals surface area contributed by atoms with Crippen molar-refractivity contribution >= 4 is 0 Å². The summed E-state index contributed by atoms with van der Waals surface area (Å²) in [5, 5.41) is 9.04. The first-order chi connectivity index (χ1) is 8.75. The smallest absolute Gasteiger partial charge is 0.138 e. The second kappa shape index (κ2) is 5.80. The van der Waals surface area contributed by atoms with Gasteiger partial charge in [-0.3, -0.25) is 16.1 Å². The van der Waals surface area contributed by atoms with Crippen LogP contribution in [0.4, 0.5) is 0 Å². The van der Waals surface area contributed by atoms with Gasteiger partial charge >= 0.3 is 0 Å². The van der Waals surface area contributed by atoms with Gasteiger partial charge in [-0.05, 0) is 45.5 Å². The van der Waals surface area contributed by atoms with Crippen LogP contribution >= 0.6 is 0 Å². The van der Waals surface area contributed by atoms with Crippen LogP contribution in [0.15, 0.2) is 30.3 Å². The average Bonchev–Trinajstić information content (AvgIpc) is 2.47. The van der Waals surface area contributed by atoms with E-state index in [9.17, 15) is 0 Å². The number of hydrazine groups is 1. The fraction of sp³-hybridized carbons (Fsp3) is 0.571. The summed E-state index contributed by atoms with van der Waals surface area (Å²) in [5.74, 6) is 0.452. The highest BCUT2D eigenvalue weighted by Crippen LogP contribution is 2.31. The third kappa shape index (κ3) is 2.42. The summed E-state index contributed by atoms with van der Waals surface area (Å²) in [6, 6.07) is 10.8. The van der Waals surface area contributed by atoms with Crippen LogP contribution in [0.3, 0.4) is 0 Å². The fourth-order valence-electron chi connectivity index (χ4n) is 2.91. The maximum Gasteiger partial charge on any atom is 0.138 e. The lowest BCUT2D eigenvalue weighted by Gasteiger charge is -2.48. The quantitative estimate of drug-likeness (QED) is 0.698. The Labute approximate surface area is 110 Å². The molecule has 0 amide bonds. The van der Waals surface area contributed by atoms with Gasteiger partial charge in [-0.1, -0.05) is 30.3 Å². The van der Waals surface area contributed by atoms with Gasteiger partial charge < -0.3 is 0 Å². The molecule has 1 unspecified atom stereocenters. The minimum Gasteiger partial charge on any atom is -0.289 e. The molecule has 18 heavy (non-hydrogen) atoms. The minimum atomic E-state index is -0.139. The lowest BCUT2D eigenvalue weighted by atomic mass is 9.88. The molecule has 1 saturated heterocycles. The van der Waals surface area contributed by atoms with Crippen molar-refractivity contribution < 1.29 is 0 Å². The monoisotopic (exact) mass is 248 g/mol. The van der Waals surface area contributed by atoms with E-state index >= 15 is 0 Å². The van der Waals surface area contributed by atoms with Crippen LogP contribution < -0.4 is 16.1 Å². The van der Waals surface area contributed by atoms with Gasteiger partial charge in [0.1, 0.15) is 5.79 Å². The van der Waals surface area contributed by atoms with E-state index in [1.165, 1.54) is 12.0 Å². The molecular weight excluding hydrogens is 224 g/mol. The standard InChI is InChI=1S/C14H24N4/c1-15-14(16-2)10-9-13(11-18(14)17-3)12-7-5-4-6-8-12/h4-8,13,15-17H,9-11H2,1-3H3. The largest absolute Gasteiger partial charge is 0.289 e. The zero-order valence-electron chi connectivity index (χ0n) is 11.5. The van der Waals surface area contributed by atoms with Gasteiger partial charge in [0.15, 0.2) is 0 Å². The first-order valence-corrected chi connectivity index (χ1v) is 6.63. The van der Waals surface area contributed by atoms with Gasteiger partial charge in [0.25, 0.3) is 0 Å². The van der Waals surface area contributed by atoms with Crippen molar-refractivity contribution in [1.82, 2.24) is 21.1 Å². The predicted octanol–water partition coefficient (Wildman–Crippen LogP) is 1.09. The number of nitrogens with zero attached hydrogens (tertiary/aromatic N) is 1. The highest BCUT2D eigenvalue weighted by molar-refractivity contribution is 5.21. The first-order valence-electron chi connectivity index (χ1n) is 6.63. The molecule has 4 heteroatoms. The third-order valence-corrected chi connectivity index (χ3v) is 4.09. The van der Waals surface area contributed by atoms with Gasteiger partial charge in [-0.2, -0.15) is 0 Å². The summed E-state index contributed by atoms with van der Waals surface area (Å²) in [4.78, 5) is 0. The minimum absolute atomic E-state index is 0.139. The maximum atomic E-state index is 3.39. The summed E-state index contributed by atoms with van der Waals surface area (Å²) in [6.07, 6.45) is 2.25. The highest BCUT2D eigenvalue weighted by atomic mass is 15.6. The van der Waals surface area contributed by atoms with Gasteiger partial charge in [0, 0.05) is 6.54 Å². The molecule has 4 nitrogen and oxygen atoms in total. The molecule has 1 heterocycles. The Kier molecular flexibility index (Phi) is 4.35. The van der Waals surface area contributed by atoms with Crippen LogP contribution in [-0.4, -0.2) is 38.5 Å². The topological polar surface area (TPSA) is 39.3 Å². The Morgan fingerprint density at radius 3 is 2.33 bits per heavy atom. The van der Waals surface area contributed by atoms with Crippen LogP contribution in [0.5, 0.6) is 0 Å². The van der Waals surface area contributed by atoms with E-state index in [1.54, 1.807) is 0 Å². The average molecular weight is 248 g/mol. The van der Waals surface area contributed by atoms with Crippen molar-refractivity contribution in [3.63, 3.8) is 0 Å². The zero-order chi connectivity index (χ0) is 13.0. The number of hydrogen-bond acceptors (Lipinski definition) is 4. The number of rotatable bonds is 4. The normalized spacial score (nSPS) is 24.1. The molecule has 1 atom stereocenters. The van der Waals surface area contributed by atoms with Crippen molar-refractivity contribution in [3.05, 3.63) is 35.9 Å². The van der Waals surface area contributed by atoms with E-state index < -0.39 is 0 Å². The summed E-state index contributed by atoms with van der Waals surface area (Å²) in [5.41, 5.74) is 4.73. The van der Waals surface area contributed by atoms with Crippen molar-refractivity contribution in [1.29, 1.82) is 0 Å². The van der Waals surface area contributed by atoms with Crippen molar-refractivity contribution in [2.45, 2.75) is 24.5 Å². The summed E-state index contributed by atoms with van der Waals surface area (Å²) in [6.45, 7) is 1.00. The lowest BCUT2D eigenvalue weighted by molar-refractivity contribution is -0.0416. The molecular formula is C14H24N4. The van der Waals surface area contributed by atoms with E-state index in [4.69, 9.17) is 0 Å². The van der Waals surface area contributed by atoms with Crippen LogP contribution in [0, 0.1) is 0 Å². The van der Waals surface area contributed by atoms with Crippen molar-refractivity contribution in [2.75, 3.05) is 27.7 Å². The van der Waals surface area contributed by atoms with Crippen molar-refractivity contribution in [3.8, 4) is 0 Å². The predicted molar refractivity (Wildman–Crippen MR) is 75.0 cm³/mol. The number of piperidine rings is 1. The molecule has 0 aliphatic carbocycles. The Morgan fingerprint density at radius 2 is 1.78 bits per heavy atom. The fourth-order valence-corrected chi connectivity index (χ4v) is 2.91. The molecule has 0 spiro atoms. The number of nitrogens with one attached hydrogen (secondary N) is 3. The second-order valence-corrected chi connectivity index (χ2v) is 4.84. The summed E-state index contributed by atoms with van der Waals surface area (Å²) >= 11 is 0. The molecule has 0 radical (unpaired) electrons. The van der Waals surface area contributed by atoms with Gasteiger partial charge in [0.2, 0.25) is 0 Å². The van der Waals surface area contributed by atoms with Gasteiger partial charge in [0.05, 0.1) is 0 Å². The molecule has 1 aromatic rings. The van der Waals surface area contributed by atoms with E-state index in [-0.39, 0.29) is 5.79 Å². The maximum absolute atomic E-state index is 3.39. The molecule has 0 aromatic heterocycles. The zero-order valence-corrected chi connectivity index (χ0v) is 11.5. The molecule has 0 saturated carbocycles. The molecule has 1 fully saturated rings. The lowest BCUT2D eigenvalue weighted by Crippen LogP contribution is -2.71. The molecule has 1 aromatic carbocycles.